The first kappa shape index (κ1) is 10.1. The number of aliphatic imine (C=N–C) groups is 1. The molecule has 0 bridgehead atoms. The normalized spacial score (nSPS) is 10.6. The van der Waals surface area contributed by atoms with Crippen molar-refractivity contribution in [2.75, 3.05) is 6.26 Å². The predicted molar refractivity (Wildman–Crippen MR) is 61.5 cm³/mol. The SMILES string of the molecule is C=N/C=C\c1c(C)cccc1SC. The van der Waals surface area contributed by atoms with Gasteiger partial charge in [0.1, 0.15) is 0 Å². The zero-order chi connectivity index (χ0) is 9.68. The maximum absolute atomic E-state index is 3.71. The number of nitrogens with zero attached hydrogens (tertiary/aromatic N) is 1. The van der Waals surface area contributed by atoms with Crippen LogP contribution in [0.15, 0.2) is 34.3 Å². The van der Waals surface area contributed by atoms with Crippen molar-refractivity contribution in [1.29, 1.82) is 0 Å². The topological polar surface area (TPSA) is 12.4 Å². The summed E-state index contributed by atoms with van der Waals surface area (Å²) >= 11 is 1.75. The van der Waals surface area contributed by atoms with Gasteiger partial charge in [-0.1, -0.05) is 12.1 Å². The highest BCUT2D eigenvalue weighted by atomic mass is 32.2. The Hall–Kier alpha value is -1.02. The second-order valence-electron chi connectivity index (χ2n) is 2.69. The van der Waals surface area contributed by atoms with Gasteiger partial charge in [-0.05, 0) is 43.2 Å². The standard InChI is InChI=1S/C11H13NS/c1-9-5-4-6-11(13-3)10(9)7-8-12-2/h4-8H,2H2,1,3H3/b8-7-. The van der Waals surface area contributed by atoms with Gasteiger partial charge in [0.15, 0.2) is 0 Å². The van der Waals surface area contributed by atoms with Gasteiger partial charge in [-0.25, -0.2) is 0 Å². The molecule has 0 aliphatic rings. The molecule has 68 valence electrons. The molecule has 0 aliphatic heterocycles. The van der Waals surface area contributed by atoms with Crippen LogP contribution >= 0.6 is 11.8 Å². The second-order valence-corrected chi connectivity index (χ2v) is 3.54. The molecular weight excluding hydrogens is 178 g/mol. The van der Waals surface area contributed by atoms with E-state index in [2.05, 4.69) is 43.1 Å². The minimum Gasteiger partial charge on any atom is -0.272 e. The lowest BCUT2D eigenvalue weighted by atomic mass is 10.1. The molecule has 1 rings (SSSR count). The largest absolute Gasteiger partial charge is 0.272 e. The van der Waals surface area contributed by atoms with Gasteiger partial charge in [0.2, 0.25) is 0 Å². The van der Waals surface area contributed by atoms with Gasteiger partial charge >= 0.3 is 0 Å². The van der Waals surface area contributed by atoms with E-state index < -0.39 is 0 Å². The molecule has 0 aromatic heterocycles. The Morgan fingerprint density at radius 1 is 1.46 bits per heavy atom. The monoisotopic (exact) mass is 191 g/mol. The molecule has 0 amide bonds. The van der Waals surface area contributed by atoms with E-state index in [4.69, 9.17) is 0 Å². The summed E-state index contributed by atoms with van der Waals surface area (Å²) in [5.41, 5.74) is 2.51. The molecule has 1 aromatic carbocycles. The molecule has 0 heterocycles. The Balaban J connectivity index is 3.14. The smallest absolute Gasteiger partial charge is 0.0267 e. The van der Waals surface area contributed by atoms with Crippen molar-refractivity contribution >= 4 is 24.6 Å². The van der Waals surface area contributed by atoms with Crippen LogP contribution in [0.4, 0.5) is 0 Å². The molecule has 0 spiro atoms. The van der Waals surface area contributed by atoms with Crippen LogP contribution in [0, 0.1) is 6.92 Å². The van der Waals surface area contributed by atoms with E-state index in [1.54, 1.807) is 18.0 Å². The lowest BCUT2D eigenvalue weighted by molar-refractivity contribution is 1.33. The third-order valence-electron chi connectivity index (χ3n) is 1.85. The summed E-state index contributed by atoms with van der Waals surface area (Å²) < 4.78 is 0. The van der Waals surface area contributed by atoms with E-state index in [-0.39, 0.29) is 0 Å². The van der Waals surface area contributed by atoms with Gasteiger partial charge in [-0.2, -0.15) is 0 Å². The summed E-state index contributed by atoms with van der Waals surface area (Å²) in [6.07, 6.45) is 5.80. The molecule has 1 aromatic rings. The fourth-order valence-corrected chi connectivity index (χ4v) is 1.84. The van der Waals surface area contributed by atoms with E-state index >= 15 is 0 Å². The second kappa shape index (κ2) is 4.87. The zero-order valence-electron chi connectivity index (χ0n) is 7.95. The van der Waals surface area contributed by atoms with Crippen molar-refractivity contribution in [2.24, 2.45) is 4.99 Å². The van der Waals surface area contributed by atoms with Crippen molar-refractivity contribution in [2.45, 2.75) is 11.8 Å². The maximum Gasteiger partial charge on any atom is 0.0267 e. The van der Waals surface area contributed by atoms with E-state index in [0.717, 1.165) is 0 Å². The number of benzene rings is 1. The van der Waals surface area contributed by atoms with Gasteiger partial charge in [0, 0.05) is 11.1 Å². The first-order valence-corrected chi connectivity index (χ1v) is 5.28. The highest BCUT2D eigenvalue weighted by molar-refractivity contribution is 7.98. The molecule has 0 atom stereocenters. The van der Waals surface area contributed by atoms with Gasteiger partial charge in [0.25, 0.3) is 0 Å². The van der Waals surface area contributed by atoms with Crippen molar-refractivity contribution in [1.82, 2.24) is 0 Å². The van der Waals surface area contributed by atoms with Crippen molar-refractivity contribution < 1.29 is 0 Å². The van der Waals surface area contributed by atoms with Gasteiger partial charge in [-0.15, -0.1) is 11.8 Å². The van der Waals surface area contributed by atoms with Crippen LogP contribution in [0.25, 0.3) is 6.08 Å². The maximum atomic E-state index is 3.71. The molecule has 0 fully saturated rings. The number of hydrogen-bond acceptors (Lipinski definition) is 2. The third kappa shape index (κ3) is 2.46. The third-order valence-corrected chi connectivity index (χ3v) is 2.65. The van der Waals surface area contributed by atoms with Crippen molar-refractivity contribution in [3.8, 4) is 0 Å². The Morgan fingerprint density at radius 3 is 2.85 bits per heavy atom. The number of hydrogen-bond donors (Lipinski definition) is 0. The fourth-order valence-electron chi connectivity index (χ4n) is 1.17. The first-order chi connectivity index (χ1) is 6.29. The van der Waals surface area contributed by atoms with E-state index in [1.807, 2.05) is 6.08 Å². The summed E-state index contributed by atoms with van der Waals surface area (Å²) in [4.78, 5) is 4.99. The van der Waals surface area contributed by atoms with Gasteiger partial charge in [0.05, 0.1) is 0 Å². The van der Waals surface area contributed by atoms with E-state index in [0.29, 0.717) is 0 Å². The molecule has 0 saturated carbocycles. The Morgan fingerprint density at radius 2 is 2.23 bits per heavy atom. The molecule has 0 aliphatic carbocycles. The number of thioether (sulfide) groups is 1. The highest BCUT2D eigenvalue weighted by Gasteiger charge is 1.99. The summed E-state index contributed by atoms with van der Waals surface area (Å²) in [6, 6.07) is 6.28. The highest BCUT2D eigenvalue weighted by Crippen LogP contribution is 2.24. The average molecular weight is 191 g/mol. The van der Waals surface area contributed by atoms with E-state index in [1.165, 1.54) is 16.0 Å². The number of rotatable bonds is 3. The lowest BCUT2D eigenvalue weighted by Gasteiger charge is -2.05. The van der Waals surface area contributed by atoms with Crippen LogP contribution in [-0.4, -0.2) is 13.0 Å². The van der Waals surface area contributed by atoms with Crippen molar-refractivity contribution in [3.63, 3.8) is 0 Å². The lowest BCUT2D eigenvalue weighted by Crippen LogP contribution is -1.83. The minimum absolute atomic E-state index is 1.24. The molecule has 0 saturated heterocycles. The summed E-state index contributed by atoms with van der Waals surface area (Å²) in [6.45, 7) is 5.52. The molecule has 0 unspecified atom stereocenters. The molecule has 1 nitrogen and oxygen atoms in total. The van der Waals surface area contributed by atoms with Crippen LogP contribution in [0.3, 0.4) is 0 Å². The first-order valence-electron chi connectivity index (χ1n) is 4.05. The van der Waals surface area contributed by atoms with Crippen LogP contribution in [0.2, 0.25) is 0 Å². The van der Waals surface area contributed by atoms with E-state index in [9.17, 15) is 0 Å². The summed E-state index contributed by atoms with van der Waals surface area (Å²) in [5, 5.41) is 0. The van der Waals surface area contributed by atoms with Crippen LogP contribution in [0.5, 0.6) is 0 Å². The molecular formula is C11H13NS. The summed E-state index contributed by atoms with van der Waals surface area (Å²) in [7, 11) is 0. The van der Waals surface area contributed by atoms with Crippen LogP contribution < -0.4 is 0 Å². The Labute approximate surface area is 83.6 Å². The molecule has 13 heavy (non-hydrogen) atoms. The molecule has 0 N–H and O–H groups in total. The van der Waals surface area contributed by atoms with Crippen molar-refractivity contribution in [3.05, 3.63) is 35.5 Å². The zero-order valence-corrected chi connectivity index (χ0v) is 8.77. The molecule has 0 radical (unpaired) electrons. The van der Waals surface area contributed by atoms with Crippen LogP contribution in [-0.2, 0) is 0 Å². The predicted octanol–water partition coefficient (Wildman–Crippen LogP) is 3.39. The number of aryl methyl sites for hydroxylation is 1. The fraction of sp³-hybridized carbons (Fsp3) is 0.182. The van der Waals surface area contributed by atoms with Gasteiger partial charge < -0.3 is 0 Å². The Bertz CT molecular complexity index is 329. The molecule has 2 heteroatoms. The average Bonchev–Trinajstić information content (AvgIpc) is 2.15. The minimum atomic E-state index is 1.24. The Kier molecular flexibility index (Phi) is 3.77. The summed E-state index contributed by atoms with van der Waals surface area (Å²) in [5.74, 6) is 0. The quantitative estimate of drug-likeness (QED) is 0.527. The van der Waals surface area contributed by atoms with Crippen LogP contribution in [0.1, 0.15) is 11.1 Å². The van der Waals surface area contributed by atoms with Gasteiger partial charge in [-0.3, -0.25) is 4.99 Å².